The Morgan fingerprint density at radius 2 is 2.29 bits per heavy atom. The molecule has 0 saturated carbocycles. The monoisotopic (exact) mass is 302 g/mol. The Morgan fingerprint density at radius 3 is 2.81 bits per heavy atom. The lowest BCUT2D eigenvalue weighted by atomic mass is 10.2. The molecule has 0 aromatic carbocycles. The molecule has 1 unspecified atom stereocenters. The number of nitrogens with one attached hydrogen (secondary N) is 2. The molecular formula is C11H13F3N6O. The van der Waals surface area contributed by atoms with Gasteiger partial charge in [0, 0.05) is 12.4 Å². The topological polar surface area (TPSA) is 88.5 Å². The fourth-order valence-electron chi connectivity index (χ4n) is 1.75. The van der Waals surface area contributed by atoms with E-state index >= 15 is 0 Å². The number of aromatic nitrogens is 5. The van der Waals surface area contributed by atoms with E-state index < -0.39 is 18.0 Å². The summed E-state index contributed by atoms with van der Waals surface area (Å²) in [7, 11) is 0. The third kappa shape index (κ3) is 3.58. The van der Waals surface area contributed by atoms with Crippen LogP contribution in [0.15, 0.2) is 18.5 Å². The van der Waals surface area contributed by atoms with Gasteiger partial charge in [0.05, 0.1) is 6.54 Å². The summed E-state index contributed by atoms with van der Waals surface area (Å²) < 4.78 is 38.5. The highest BCUT2D eigenvalue weighted by Gasteiger charge is 2.36. The molecule has 1 amide bonds. The van der Waals surface area contributed by atoms with Crippen LogP contribution in [0.4, 0.5) is 13.2 Å². The third-order valence-corrected chi connectivity index (χ3v) is 2.75. The summed E-state index contributed by atoms with van der Waals surface area (Å²) >= 11 is 0. The van der Waals surface area contributed by atoms with Crippen molar-refractivity contribution < 1.29 is 18.0 Å². The SMILES string of the molecule is CCC(C(=O)NCc1nc(C(F)(F)F)n[nH]1)n1cccn1. The molecule has 0 saturated heterocycles. The van der Waals surface area contributed by atoms with E-state index in [-0.39, 0.29) is 18.3 Å². The molecule has 114 valence electrons. The number of carbonyl (C=O) groups excluding carboxylic acids is 1. The van der Waals surface area contributed by atoms with Gasteiger partial charge in [-0.15, -0.1) is 5.10 Å². The maximum Gasteiger partial charge on any atom is 0.453 e. The first kappa shape index (κ1) is 15.0. The molecule has 2 aromatic heterocycles. The first-order chi connectivity index (χ1) is 9.91. The van der Waals surface area contributed by atoms with Gasteiger partial charge in [-0.05, 0) is 12.5 Å². The Morgan fingerprint density at radius 1 is 1.52 bits per heavy atom. The van der Waals surface area contributed by atoms with Gasteiger partial charge in [-0.2, -0.15) is 18.3 Å². The molecule has 21 heavy (non-hydrogen) atoms. The van der Waals surface area contributed by atoms with Crippen LogP contribution in [-0.4, -0.2) is 30.9 Å². The van der Waals surface area contributed by atoms with Gasteiger partial charge in [-0.25, -0.2) is 4.98 Å². The molecule has 0 fully saturated rings. The van der Waals surface area contributed by atoms with Crippen molar-refractivity contribution in [2.45, 2.75) is 32.1 Å². The second-order valence-corrected chi connectivity index (χ2v) is 4.23. The van der Waals surface area contributed by atoms with Gasteiger partial charge < -0.3 is 5.32 Å². The molecule has 0 aliphatic rings. The summed E-state index contributed by atoms with van der Waals surface area (Å²) in [6.07, 6.45) is -0.927. The van der Waals surface area contributed by atoms with E-state index in [0.717, 1.165) is 0 Å². The molecule has 2 heterocycles. The van der Waals surface area contributed by atoms with Crippen molar-refractivity contribution in [2.75, 3.05) is 0 Å². The number of hydrogen-bond acceptors (Lipinski definition) is 4. The summed E-state index contributed by atoms with van der Waals surface area (Å²) in [5.74, 6) is -1.68. The fourth-order valence-corrected chi connectivity index (χ4v) is 1.75. The zero-order valence-electron chi connectivity index (χ0n) is 11.1. The Balaban J connectivity index is 1.96. The molecular weight excluding hydrogens is 289 g/mol. The molecule has 1 atom stereocenters. The number of hydrogen-bond donors (Lipinski definition) is 2. The van der Waals surface area contributed by atoms with E-state index in [2.05, 4.69) is 25.6 Å². The molecule has 7 nitrogen and oxygen atoms in total. The van der Waals surface area contributed by atoms with E-state index in [0.29, 0.717) is 6.42 Å². The normalized spacial score (nSPS) is 13.1. The molecule has 10 heteroatoms. The number of aromatic amines is 1. The average Bonchev–Trinajstić information content (AvgIpc) is 3.07. The Kier molecular flexibility index (Phi) is 4.24. The predicted octanol–water partition coefficient (Wildman–Crippen LogP) is 1.29. The molecule has 0 spiro atoms. The first-order valence-electron chi connectivity index (χ1n) is 6.17. The van der Waals surface area contributed by atoms with Gasteiger partial charge in [0.25, 0.3) is 5.82 Å². The highest BCUT2D eigenvalue weighted by atomic mass is 19.4. The summed E-state index contributed by atoms with van der Waals surface area (Å²) in [5.41, 5.74) is 0. The minimum absolute atomic E-state index is 0.0639. The molecule has 0 radical (unpaired) electrons. The molecule has 2 N–H and O–H groups in total. The van der Waals surface area contributed by atoms with Gasteiger partial charge >= 0.3 is 6.18 Å². The van der Waals surface area contributed by atoms with Crippen molar-refractivity contribution in [3.05, 3.63) is 30.1 Å². The highest BCUT2D eigenvalue weighted by Crippen LogP contribution is 2.25. The Bertz CT molecular complexity index is 591. The number of amides is 1. The molecule has 0 aliphatic carbocycles. The summed E-state index contributed by atoms with van der Waals surface area (Å²) in [6, 6.07) is 1.16. The van der Waals surface area contributed by atoms with Crippen molar-refractivity contribution in [2.24, 2.45) is 0 Å². The van der Waals surface area contributed by atoms with Gasteiger partial charge in [-0.1, -0.05) is 6.92 Å². The predicted molar refractivity (Wildman–Crippen MR) is 64.8 cm³/mol. The van der Waals surface area contributed by atoms with Crippen LogP contribution in [0.1, 0.15) is 31.0 Å². The molecule has 0 bridgehead atoms. The van der Waals surface area contributed by atoms with Crippen molar-refractivity contribution in [1.82, 2.24) is 30.3 Å². The summed E-state index contributed by atoms with van der Waals surface area (Å²) in [5, 5.41) is 11.7. The van der Waals surface area contributed by atoms with Gasteiger partial charge in [0.1, 0.15) is 11.9 Å². The second-order valence-electron chi connectivity index (χ2n) is 4.23. The van der Waals surface area contributed by atoms with Crippen LogP contribution in [0.2, 0.25) is 0 Å². The minimum Gasteiger partial charge on any atom is -0.347 e. The maximum atomic E-state index is 12.3. The quantitative estimate of drug-likeness (QED) is 0.871. The summed E-state index contributed by atoms with van der Waals surface area (Å²) in [6.45, 7) is 1.64. The van der Waals surface area contributed by atoms with Crippen LogP contribution in [-0.2, 0) is 17.5 Å². The largest absolute Gasteiger partial charge is 0.453 e. The van der Waals surface area contributed by atoms with Crippen molar-refractivity contribution in [1.29, 1.82) is 0 Å². The second kappa shape index (κ2) is 5.94. The number of carbonyl (C=O) groups is 1. The lowest BCUT2D eigenvalue weighted by Crippen LogP contribution is -2.32. The van der Waals surface area contributed by atoms with Crippen molar-refractivity contribution >= 4 is 5.91 Å². The number of alkyl halides is 3. The van der Waals surface area contributed by atoms with Crippen LogP contribution in [0.3, 0.4) is 0 Å². The zero-order valence-corrected chi connectivity index (χ0v) is 11.1. The minimum atomic E-state index is -4.61. The number of halogens is 3. The van der Waals surface area contributed by atoms with Crippen LogP contribution in [0.5, 0.6) is 0 Å². The van der Waals surface area contributed by atoms with E-state index in [1.165, 1.54) is 4.68 Å². The highest BCUT2D eigenvalue weighted by molar-refractivity contribution is 5.79. The Hall–Kier alpha value is -2.39. The van der Waals surface area contributed by atoms with Gasteiger partial charge in [0.2, 0.25) is 5.91 Å². The van der Waals surface area contributed by atoms with E-state index in [1.807, 2.05) is 6.92 Å². The van der Waals surface area contributed by atoms with Crippen LogP contribution >= 0.6 is 0 Å². The number of H-pyrrole nitrogens is 1. The van der Waals surface area contributed by atoms with Crippen LogP contribution in [0.25, 0.3) is 0 Å². The third-order valence-electron chi connectivity index (χ3n) is 2.75. The Labute approximate surface area is 117 Å². The van der Waals surface area contributed by atoms with Crippen LogP contribution < -0.4 is 5.32 Å². The van der Waals surface area contributed by atoms with E-state index in [9.17, 15) is 18.0 Å². The van der Waals surface area contributed by atoms with Gasteiger partial charge in [-0.3, -0.25) is 14.6 Å². The van der Waals surface area contributed by atoms with Gasteiger partial charge in [0.15, 0.2) is 0 Å². The molecule has 2 rings (SSSR count). The van der Waals surface area contributed by atoms with Crippen molar-refractivity contribution in [3.8, 4) is 0 Å². The van der Waals surface area contributed by atoms with Crippen LogP contribution in [0, 0.1) is 0 Å². The zero-order chi connectivity index (χ0) is 15.5. The first-order valence-corrected chi connectivity index (χ1v) is 6.17. The fraction of sp³-hybridized carbons (Fsp3) is 0.455. The van der Waals surface area contributed by atoms with E-state index in [4.69, 9.17) is 0 Å². The summed E-state index contributed by atoms with van der Waals surface area (Å²) in [4.78, 5) is 15.3. The standard InChI is InChI=1S/C11H13F3N6O/c1-2-7(20-5-3-4-16-20)9(21)15-6-8-17-10(19-18-8)11(12,13)14/h3-5,7H,2,6H2,1H3,(H,15,21)(H,17,18,19). The van der Waals surface area contributed by atoms with Crippen molar-refractivity contribution in [3.63, 3.8) is 0 Å². The smallest absolute Gasteiger partial charge is 0.347 e. The van der Waals surface area contributed by atoms with E-state index in [1.54, 1.807) is 18.5 Å². The number of rotatable bonds is 5. The lowest BCUT2D eigenvalue weighted by molar-refractivity contribution is -0.144. The molecule has 0 aliphatic heterocycles. The maximum absolute atomic E-state index is 12.3. The molecule has 2 aromatic rings. The number of nitrogens with zero attached hydrogens (tertiary/aromatic N) is 4. The average molecular weight is 302 g/mol. The lowest BCUT2D eigenvalue weighted by Gasteiger charge is -2.14.